The standard InChI is InChI=1S/C17H17FN2O/c1-10-13-8-12(18)9-14(16(13)20-17(10)21)15(19)7-11-5-3-2-4-6-11/h2-6,8-10,15H,7,19H2,1H3,(H,20,21). The molecule has 3 nitrogen and oxygen atoms in total. The van der Waals surface area contributed by atoms with Crippen molar-refractivity contribution in [2.24, 2.45) is 5.73 Å². The van der Waals surface area contributed by atoms with Crippen molar-refractivity contribution in [3.05, 3.63) is 65.0 Å². The number of nitrogens with one attached hydrogen (secondary N) is 1. The lowest BCUT2D eigenvalue weighted by Gasteiger charge is -2.16. The first-order valence-corrected chi connectivity index (χ1v) is 7.00. The van der Waals surface area contributed by atoms with E-state index in [9.17, 15) is 9.18 Å². The Bertz CT molecular complexity index is 685. The predicted molar refractivity (Wildman–Crippen MR) is 80.5 cm³/mol. The first-order chi connectivity index (χ1) is 10.1. The third kappa shape index (κ3) is 2.54. The Kier molecular flexibility index (Phi) is 3.47. The van der Waals surface area contributed by atoms with E-state index in [0.29, 0.717) is 23.2 Å². The Hall–Kier alpha value is -2.20. The molecule has 0 aromatic heterocycles. The van der Waals surface area contributed by atoms with Crippen LogP contribution in [0.25, 0.3) is 0 Å². The van der Waals surface area contributed by atoms with Crippen LogP contribution in [0.1, 0.15) is 35.6 Å². The van der Waals surface area contributed by atoms with Crippen molar-refractivity contribution in [2.75, 3.05) is 5.32 Å². The number of hydrogen-bond donors (Lipinski definition) is 2. The molecule has 0 fully saturated rings. The van der Waals surface area contributed by atoms with E-state index < -0.39 is 0 Å². The molecule has 1 aliphatic heterocycles. The van der Waals surface area contributed by atoms with Crippen molar-refractivity contribution in [2.45, 2.75) is 25.3 Å². The number of carbonyl (C=O) groups excluding carboxylic acids is 1. The van der Waals surface area contributed by atoms with Gasteiger partial charge in [0.15, 0.2) is 0 Å². The number of nitrogens with two attached hydrogens (primary N) is 1. The lowest BCUT2D eigenvalue weighted by molar-refractivity contribution is -0.116. The highest BCUT2D eigenvalue weighted by Crippen LogP contribution is 2.38. The van der Waals surface area contributed by atoms with Crippen LogP contribution in [-0.4, -0.2) is 5.91 Å². The molecule has 0 bridgehead atoms. The first-order valence-electron chi connectivity index (χ1n) is 7.00. The van der Waals surface area contributed by atoms with Crippen LogP contribution in [0.15, 0.2) is 42.5 Å². The van der Waals surface area contributed by atoms with Crippen LogP contribution in [0.3, 0.4) is 0 Å². The van der Waals surface area contributed by atoms with Gasteiger partial charge in [0, 0.05) is 11.7 Å². The summed E-state index contributed by atoms with van der Waals surface area (Å²) in [5.41, 5.74) is 9.36. The number of carbonyl (C=O) groups is 1. The van der Waals surface area contributed by atoms with Gasteiger partial charge in [-0.25, -0.2) is 4.39 Å². The molecule has 2 unspecified atom stereocenters. The molecule has 3 rings (SSSR count). The largest absolute Gasteiger partial charge is 0.325 e. The molecule has 0 aliphatic carbocycles. The summed E-state index contributed by atoms with van der Waals surface area (Å²) in [6.07, 6.45) is 0.598. The monoisotopic (exact) mass is 284 g/mol. The maximum Gasteiger partial charge on any atom is 0.231 e. The smallest absolute Gasteiger partial charge is 0.231 e. The molecule has 2 atom stereocenters. The maximum atomic E-state index is 13.8. The van der Waals surface area contributed by atoms with Gasteiger partial charge in [-0.05, 0) is 42.2 Å². The summed E-state index contributed by atoms with van der Waals surface area (Å²) in [4.78, 5) is 11.8. The molecule has 1 aliphatic rings. The van der Waals surface area contributed by atoms with Crippen LogP contribution in [0.5, 0.6) is 0 Å². The topological polar surface area (TPSA) is 55.1 Å². The van der Waals surface area contributed by atoms with Crippen molar-refractivity contribution < 1.29 is 9.18 Å². The van der Waals surface area contributed by atoms with Crippen molar-refractivity contribution in [1.82, 2.24) is 0 Å². The van der Waals surface area contributed by atoms with Gasteiger partial charge in [-0.3, -0.25) is 4.79 Å². The van der Waals surface area contributed by atoms with Gasteiger partial charge in [0.25, 0.3) is 0 Å². The minimum absolute atomic E-state index is 0.108. The van der Waals surface area contributed by atoms with Gasteiger partial charge in [-0.1, -0.05) is 30.3 Å². The number of hydrogen-bond acceptors (Lipinski definition) is 2. The van der Waals surface area contributed by atoms with Gasteiger partial charge in [0.2, 0.25) is 5.91 Å². The Balaban J connectivity index is 1.96. The zero-order chi connectivity index (χ0) is 15.0. The molecule has 21 heavy (non-hydrogen) atoms. The number of fused-ring (bicyclic) bond motifs is 1. The second kappa shape index (κ2) is 5.30. The summed E-state index contributed by atoms with van der Waals surface area (Å²) in [6.45, 7) is 1.77. The van der Waals surface area contributed by atoms with Crippen molar-refractivity contribution in [3.8, 4) is 0 Å². The Morgan fingerprint density at radius 3 is 2.71 bits per heavy atom. The van der Waals surface area contributed by atoms with Crippen LogP contribution in [-0.2, 0) is 11.2 Å². The summed E-state index contributed by atoms with van der Waals surface area (Å²) in [5.74, 6) is -0.794. The molecule has 2 aromatic rings. The van der Waals surface area contributed by atoms with E-state index in [4.69, 9.17) is 5.73 Å². The number of anilines is 1. The summed E-state index contributed by atoms with van der Waals surface area (Å²) in [6, 6.07) is 12.3. The summed E-state index contributed by atoms with van der Waals surface area (Å²) in [5, 5.41) is 2.82. The van der Waals surface area contributed by atoms with Crippen LogP contribution < -0.4 is 11.1 Å². The molecule has 1 heterocycles. The SMILES string of the molecule is CC1C(=O)Nc2c(C(N)Cc3ccccc3)cc(F)cc21. The quantitative estimate of drug-likeness (QED) is 0.910. The Labute approximate surface area is 123 Å². The van der Waals surface area contributed by atoms with Crippen LogP contribution in [0.2, 0.25) is 0 Å². The minimum Gasteiger partial charge on any atom is -0.325 e. The second-order valence-electron chi connectivity index (χ2n) is 5.47. The fourth-order valence-electron chi connectivity index (χ4n) is 2.78. The van der Waals surface area contributed by atoms with Crippen LogP contribution in [0.4, 0.5) is 10.1 Å². The van der Waals surface area contributed by atoms with Gasteiger partial charge < -0.3 is 11.1 Å². The average molecular weight is 284 g/mol. The molecule has 0 saturated heterocycles. The van der Waals surface area contributed by atoms with E-state index in [1.165, 1.54) is 12.1 Å². The lowest BCUT2D eigenvalue weighted by atomic mass is 9.94. The van der Waals surface area contributed by atoms with Gasteiger partial charge in [0.05, 0.1) is 5.92 Å². The fraction of sp³-hybridized carbons (Fsp3) is 0.235. The first kappa shape index (κ1) is 13.8. The van der Waals surface area contributed by atoms with Crippen molar-refractivity contribution >= 4 is 11.6 Å². The minimum atomic E-state index is -0.359. The van der Waals surface area contributed by atoms with Crippen LogP contribution >= 0.6 is 0 Å². The molecule has 0 spiro atoms. The van der Waals surface area contributed by atoms with Gasteiger partial charge in [-0.2, -0.15) is 0 Å². The molecule has 0 radical (unpaired) electrons. The van der Waals surface area contributed by atoms with Gasteiger partial charge in [0.1, 0.15) is 5.82 Å². The number of amides is 1. The summed E-state index contributed by atoms with van der Waals surface area (Å²) >= 11 is 0. The average Bonchev–Trinajstić information content (AvgIpc) is 2.75. The molecule has 3 N–H and O–H groups in total. The van der Waals surface area contributed by atoms with E-state index in [0.717, 1.165) is 5.56 Å². The highest BCUT2D eigenvalue weighted by Gasteiger charge is 2.30. The van der Waals surface area contributed by atoms with Crippen molar-refractivity contribution in [3.63, 3.8) is 0 Å². The molecule has 2 aromatic carbocycles. The van der Waals surface area contributed by atoms with E-state index in [1.807, 2.05) is 30.3 Å². The number of halogens is 1. The zero-order valence-electron chi connectivity index (χ0n) is 11.8. The zero-order valence-corrected chi connectivity index (χ0v) is 11.8. The Morgan fingerprint density at radius 2 is 2.00 bits per heavy atom. The lowest BCUT2D eigenvalue weighted by Crippen LogP contribution is -2.16. The normalized spacial score (nSPS) is 18.2. The maximum absolute atomic E-state index is 13.8. The van der Waals surface area contributed by atoms with E-state index in [2.05, 4.69) is 5.32 Å². The Morgan fingerprint density at radius 1 is 1.29 bits per heavy atom. The third-order valence-corrected chi connectivity index (χ3v) is 3.97. The molecule has 4 heteroatoms. The highest BCUT2D eigenvalue weighted by molar-refractivity contribution is 6.03. The van der Waals surface area contributed by atoms with E-state index in [-0.39, 0.29) is 23.7 Å². The predicted octanol–water partition coefficient (Wildman–Crippen LogP) is 3.12. The summed E-state index contributed by atoms with van der Waals surface area (Å²) in [7, 11) is 0. The molecule has 0 saturated carbocycles. The summed E-state index contributed by atoms with van der Waals surface area (Å²) < 4.78 is 13.8. The molecular formula is C17H17FN2O. The number of benzene rings is 2. The third-order valence-electron chi connectivity index (χ3n) is 3.97. The molecular weight excluding hydrogens is 267 g/mol. The molecule has 1 amide bonds. The van der Waals surface area contributed by atoms with Crippen molar-refractivity contribution in [1.29, 1.82) is 0 Å². The van der Waals surface area contributed by atoms with E-state index in [1.54, 1.807) is 6.92 Å². The number of rotatable bonds is 3. The van der Waals surface area contributed by atoms with Gasteiger partial charge >= 0.3 is 0 Å². The fourth-order valence-corrected chi connectivity index (χ4v) is 2.78. The van der Waals surface area contributed by atoms with Crippen LogP contribution in [0, 0.1) is 5.82 Å². The van der Waals surface area contributed by atoms with E-state index >= 15 is 0 Å². The van der Waals surface area contributed by atoms with Gasteiger partial charge in [-0.15, -0.1) is 0 Å². The molecule has 108 valence electrons. The highest BCUT2D eigenvalue weighted by atomic mass is 19.1. The second-order valence-corrected chi connectivity index (χ2v) is 5.47.